The number of fused-ring (bicyclic) bond motifs is 3. The van der Waals surface area contributed by atoms with E-state index in [1.54, 1.807) is 0 Å². The first-order chi connectivity index (χ1) is 15.0. The zero-order chi connectivity index (χ0) is 22.0. The Hall–Kier alpha value is -2.93. The van der Waals surface area contributed by atoms with E-state index in [0.29, 0.717) is 23.8 Å². The Labute approximate surface area is 186 Å². The predicted octanol–water partition coefficient (Wildman–Crippen LogP) is 4.90. The van der Waals surface area contributed by atoms with Gasteiger partial charge in [-0.25, -0.2) is 4.99 Å². The van der Waals surface area contributed by atoms with Crippen molar-refractivity contribution in [2.45, 2.75) is 51.3 Å². The van der Waals surface area contributed by atoms with E-state index in [9.17, 15) is 9.59 Å². The molecule has 0 fully saturated rings. The Bertz CT molecular complexity index is 1060. The van der Waals surface area contributed by atoms with Crippen molar-refractivity contribution in [3.8, 4) is 0 Å². The fourth-order valence-corrected chi connectivity index (χ4v) is 4.81. The molecule has 2 aliphatic heterocycles. The number of nitrogens with one attached hydrogen (secondary N) is 1. The molecule has 6 nitrogen and oxygen atoms in total. The van der Waals surface area contributed by atoms with E-state index >= 15 is 0 Å². The Kier molecular flexibility index (Phi) is 6.23. The van der Waals surface area contributed by atoms with Gasteiger partial charge in [0.1, 0.15) is 11.9 Å². The third-order valence-corrected chi connectivity index (χ3v) is 6.73. The Morgan fingerprint density at radius 2 is 1.87 bits per heavy atom. The molecule has 160 valence electrons. The van der Waals surface area contributed by atoms with Gasteiger partial charge in [-0.05, 0) is 44.0 Å². The molecule has 31 heavy (non-hydrogen) atoms. The summed E-state index contributed by atoms with van der Waals surface area (Å²) in [5.41, 5.74) is 3.55. The van der Waals surface area contributed by atoms with Gasteiger partial charge in [0, 0.05) is 11.3 Å². The minimum atomic E-state index is -0.364. The largest absolute Gasteiger partial charge is 0.325 e. The van der Waals surface area contributed by atoms with E-state index in [-0.39, 0.29) is 23.1 Å². The maximum atomic E-state index is 13.0. The molecule has 0 aliphatic carbocycles. The molecule has 2 aliphatic rings. The number of para-hydroxylation sites is 1. The summed E-state index contributed by atoms with van der Waals surface area (Å²) >= 11 is 1.40. The van der Waals surface area contributed by atoms with Gasteiger partial charge in [0.05, 0.1) is 10.9 Å². The van der Waals surface area contributed by atoms with Crippen molar-refractivity contribution >= 4 is 46.0 Å². The van der Waals surface area contributed by atoms with E-state index in [4.69, 9.17) is 4.99 Å². The van der Waals surface area contributed by atoms with Gasteiger partial charge in [-0.15, -0.1) is 0 Å². The van der Waals surface area contributed by atoms with Gasteiger partial charge < -0.3 is 5.32 Å². The Morgan fingerprint density at radius 1 is 1.13 bits per heavy atom. The van der Waals surface area contributed by atoms with Crippen LogP contribution in [0.15, 0.2) is 58.5 Å². The van der Waals surface area contributed by atoms with Gasteiger partial charge in [0.2, 0.25) is 5.91 Å². The SMILES string of the molecule is CCCC1C(=O)N=C2c3ccccc3N=C(SC(CC)C(=O)Nc3ccc(C)cc3)N21. The summed E-state index contributed by atoms with van der Waals surface area (Å²) in [6.07, 6.45) is 2.19. The molecule has 2 amide bonds. The first-order valence-corrected chi connectivity index (χ1v) is 11.5. The summed E-state index contributed by atoms with van der Waals surface area (Å²) in [7, 11) is 0. The molecule has 0 radical (unpaired) electrons. The van der Waals surface area contributed by atoms with Crippen LogP contribution in [0.25, 0.3) is 0 Å². The van der Waals surface area contributed by atoms with Crippen LogP contribution in [0.1, 0.15) is 44.2 Å². The van der Waals surface area contributed by atoms with Crippen molar-refractivity contribution < 1.29 is 9.59 Å². The number of rotatable bonds is 6. The van der Waals surface area contributed by atoms with Crippen molar-refractivity contribution in [3.63, 3.8) is 0 Å². The van der Waals surface area contributed by atoms with E-state index in [2.05, 4.69) is 17.2 Å². The maximum absolute atomic E-state index is 13.0. The van der Waals surface area contributed by atoms with Crippen LogP contribution in [0.4, 0.5) is 11.4 Å². The fraction of sp³-hybridized carbons (Fsp3) is 0.333. The first-order valence-electron chi connectivity index (χ1n) is 10.7. The first kappa shape index (κ1) is 21.3. The maximum Gasteiger partial charge on any atom is 0.270 e. The normalized spacial score (nSPS) is 18.1. The summed E-state index contributed by atoms with van der Waals surface area (Å²) in [4.78, 5) is 36.8. The highest BCUT2D eigenvalue weighted by Crippen LogP contribution is 2.36. The molecule has 1 N–H and O–H groups in total. The number of amidine groups is 2. The molecule has 0 saturated carbocycles. The standard InChI is InChI=1S/C24H26N4O2S/c1-4-8-19-22(29)27-21-17-9-6-7-10-18(17)26-24(28(19)21)31-20(5-2)23(30)25-16-13-11-15(3)12-14-16/h6-7,9-14,19-20H,4-5,8H2,1-3H3,(H,25,30). The zero-order valence-corrected chi connectivity index (χ0v) is 18.8. The average molecular weight is 435 g/mol. The van der Waals surface area contributed by atoms with Crippen LogP contribution in [0.3, 0.4) is 0 Å². The van der Waals surface area contributed by atoms with Crippen LogP contribution >= 0.6 is 11.8 Å². The van der Waals surface area contributed by atoms with E-state index in [0.717, 1.165) is 28.9 Å². The van der Waals surface area contributed by atoms with Gasteiger partial charge in [0.15, 0.2) is 5.17 Å². The molecule has 0 aromatic heterocycles. The lowest BCUT2D eigenvalue weighted by Gasteiger charge is -2.32. The predicted molar refractivity (Wildman–Crippen MR) is 127 cm³/mol. The minimum absolute atomic E-state index is 0.0750. The third kappa shape index (κ3) is 4.28. The second-order valence-corrected chi connectivity index (χ2v) is 8.90. The molecule has 0 bridgehead atoms. The number of nitrogens with zero attached hydrogens (tertiary/aromatic N) is 3. The molecule has 2 atom stereocenters. The Balaban J connectivity index is 1.62. The van der Waals surface area contributed by atoms with Crippen LogP contribution in [0, 0.1) is 6.92 Å². The van der Waals surface area contributed by atoms with Gasteiger partial charge in [0.25, 0.3) is 5.91 Å². The minimum Gasteiger partial charge on any atom is -0.325 e. The summed E-state index contributed by atoms with van der Waals surface area (Å²) in [5.74, 6) is 0.429. The second kappa shape index (κ2) is 9.06. The van der Waals surface area contributed by atoms with Crippen LogP contribution in [-0.4, -0.2) is 39.0 Å². The van der Waals surface area contributed by atoms with E-state index in [1.165, 1.54) is 11.8 Å². The topological polar surface area (TPSA) is 74.1 Å². The molecule has 4 rings (SSSR count). The number of hydrogen-bond acceptors (Lipinski definition) is 5. The molecular weight excluding hydrogens is 408 g/mol. The molecular formula is C24H26N4O2S. The highest BCUT2D eigenvalue weighted by molar-refractivity contribution is 8.15. The van der Waals surface area contributed by atoms with Crippen LogP contribution in [-0.2, 0) is 9.59 Å². The quantitative estimate of drug-likeness (QED) is 0.701. The number of aryl methyl sites for hydroxylation is 1. The average Bonchev–Trinajstić information content (AvgIpc) is 3.10. The molecule has 2 heterocycles. The smallest absolute Gasteiger partial charge is 0.270 e. The molecule has 7 heteroatoms. The number of benzene rings is 2. The van der Waals surface area contributed by atoms with Crippen LogP contribution in [0.2, 0.25) is 0 Å². The van der Waals surface area contributed by atoms with Crippen molar-refractivity contribution in [3.05, 3.63) is 59.7 Å². The van der Waals surface area contributed by atoms with Crippen molar-refractivity contribution in [2.75, 3.05) is 5.32 Å². The molecule has 0 saturated heterocycles. The highest BCUT2D eigenvalue weighted by Gasteiger charge is 2.42. The summed E-state index contributed by atoms with van der Waals surface area (Å²) in [5, 5.41) is 3.32. The van der Waals surface area contributed by atoms with Gasteiger partial charge in [-0.3, -0.25) is 14.5 Å². The second-order valence-electron chi connectivity index (χ2n) is 7.73. The number of carbonyl (C=O) groups excluding carboxylic acids is 2. The van der Waals surface area contributed by atoms with Crippen molar-refractivity contribution in [1.29, 1.82) is 0 Å². The number of carbonyl (C=O) groups is 2. The van der Waals surface area contributed by atoms with E-state index in [1.807, 2.05) is 67.3 Å². The summed E-state index contributed by atoms with van der Waals surface area (Å²) in [6, 6.07) is 15.1. The van der Waals surface area contributed by atoms with Gasteiger partial charge >= 0.3 is 0 Å². The van der Waals surface area contributed by atoms with Crippen LogP contribution in [0.5, 0.6) is 0 Å². The number of thioether (sulfide) groups is 1. The lowest BCUT2D eigenvalue weighted by Crippen LogP contribution is -2.44. The summed E-state index contributed by atoms with van der Waals surface area (Å²) < 4.78 is 0. The molecule has 0 spiro atoms. The number of hydrogen-bond donors (Lipinski definition) is 1. The zero-order valence-electron chi connectivity index (χ0n) is 18.0. The molecule has 2 aromatic rings. The molecule has 2 aromatic carbocycles. The lowest BCUT2D eigenvalue weighted by atomic mass is 10.1. The van der Waals surface area contributed by atoms with Gasteiger partial charge in [-0.1, -0.05) is 61.9 Å². The number of amides is 2. The van der Waals surface area contributed by atoms with E-state index < -0.39 is 0 Å². The monoisotopic (exact) mass is 434 g/mol. The van der Waals surface area contributed by atoms with Crippen LogP contribution < -0.4 is 5.32 Å². The molecule has 2 unspecified atom stereocenters. The summed E-state index contributed by atoms with van der Waals surface area (Å²) in [6.45, 7) is 6.05. The fourth-order valence-electron chi connectivity index (χ4n) is 3.74. The van der Waals surface area contributed by atoms with Gasteiger partial charge in [-0.2, -0.15) is 4.99 Å². The van der Waals surface area contributed by atoms with Crippen molar-refractivity contribution in [2.24, 2.45) is 9.98 Å². The number of aliphatic imine (C=N–C) groups is 2. The Morgan fingerprint density at radius 3 is 2.58 bits per heavy atom. The third-order valence-electron chi connectivity index (χ3n) is 5.40. The lowest BCUT2D eigenvalue weighted by molar-refractivity contribution is -0.119. The number of anilines is 1. The van der Waals surface area contributed by atoms with Crippen molar-refractivity contribution in [1.82, 2.24) is 4.90 Å². The highest BCUT2D eigenvalue weighted by atomic mass is 32.2.